The van der Waals surface area contributed by atoms with Gasteiger partial charge < -0.3 is 9.84 Å². The van der Waals surface area contributed by atoms with Gasteiger partial charge in [-0.15, -0.1) is 0 Å². The Morgan fingerprint density at radius 3 is 2.65 bits per heavy atom. The molecule has 0 aliphatic heterocycles. The van der Waals surface area contributed by atoms with E-state index in [0.717, 1.165) is 0 Å². The summed E-state index contributed by atoms with van der Waals surface area (Å²) in [6.07, 6.45) is 0.466. The lowest BCUT2D eigenvalue weighted by atomic mass is 10.1. The van der Waals surface area contributed by atoms with Crippen LogP contribution < -0.4 is 5.43 Å². The van der Waals surface area contributed by atoms with Gasteiger partial charge in [0, 0.05) is 17.7 Å². The number of hydrogen-bond acceptors (Lipinski definition) is 4. The van der Waals surface area contributed by atoms with E-state index in [9.17, 15) is 9.90 Å². The first-order valence-electron chi connectivity index (χ1n) is 6.61. The van der Waals surface area contributed by atoms with Crippen molar-refractivity contribution in [3.63, 3.8) is 0 Å². The summed E-state index contributed by atoms with van der Waals surface area (Å²) in [5.74, 6) is -0.608. The van der Waals surface area contributed by atoms with Crippen LogP contribution in [0.1, 0.15) is 17.2 Å². The molecule has 0 saturated carbocycles. The van der Waals surface area contributed by atoms with Crippen molar-refractivity contribution in [2.75, 3.05) is 7.11 Å². The summed E-state index contributed by atoms with van der Waals surface area (Å²) >= 11 is 11.7. The van der Waals surface area contributed by atoms with Crippen LogP contribution in [-0.4, -0.2) is 24.3 Å². The molecule has 0 aliphatic rings. The van der Waals surface area contributed by atoms with Gasteiger partial charge in [-0.2, -0.15) is 5.10 Å². The van der Waals surface area contributed by atoms with Crippen LogP contribution in [0, 0.1) is 0 Å². The fraction of sp³-hybridized carbons (Fsp3) is 0.125. The molecule has 5 nitrogen and oxygen atoms in total. The van der Waals surface area contributed by atoms with Gasteiger partial charge >= 0.3 is 0 Å². The molecule has 2 aromatic carbocycles. The summed E-state index contributed by atoms with van der Waals surface area (Å²) in [6.45, 7) is 0. The van der Waals surface area contributed by atoms with Gasteiger partial charge in [0.1, 0.15) is 5.75 Å². The van der Waals surface area contributed by atoms with Crippen LogP contribution in [0.3, 0.4) is 0 Å². The zero-order valence-corrected chi connectivity index (χ0v) is 13.7. The number of rotatable bonds is 5. The van der Waals surface area contributed by atoms with Crippen molar-refractivity contribution in [1.29, 1.82) is 0 Å². The first-order chi connectivity index (χ1) is 11.0. The lowest BCUT2D eigenvalue weighted by Crippen LogP contribution is -2.26. The standard InChI is InChI=1S/C16H14Cl2N2O3/c1-23-15(10-5-3-2-4-6-10)16(22)20-19-9-11-7-12(17)8-13(18)14(11)21/h2-9,15,21H,1H3,(H,20,22). The maximum Gasteiger partial charge on any atom is 0.273 e. The number of ether oxygens (including phenoxy) is 1. The molecular formula is C16H14Cl2N2O3. The molecule has 0 fully saturated rings. The minimum absolute atomic E-state index is 0.101. The molecule has 120 valence electrons. The van der Waals surface area contributed by atoms with Crippen molar-refractivity contribution >= 4 is 35.3 Å². The number of hydrogen-bond donors (Lipinski definition) is 2. The maximum atomic E-state index is 12.1. The second-order valence-corrected chi connectivity index (χ2v) is 5.43. The molecule has 0 saturated heterocycles. The third kappa shape index (κ3) is 4.45. The summed E-state index contributed by atoms with van der Waals surface area (Å²) < 4.78 is 5.19. The minimum atomic E-state index is -0.787. The van der Waals surface area contributed by atoms with Gasteiger partial charge in [0.05, 0.1) is 11.2 Å². The monoisotopic (exact) mass is 352 g/mol. The Labute approximate surface area is 143 Å². The molecular weight excluding hydrogens is 339 g/mol. The largest absolute Gasteiger partial charge is 0.506 e. The van der Waals surface area contributed by atoms with Crippen molar-refractivity contribution < 1.29 is 14.6 Å². The number of nitrogens with one attached hydrogen (secondary N) is 1. The van der Waals surface area contributed by atoms with Gasteiger partial charge in [0.25, 0.3) is 5.91 Å². The fourth-order valence-corrected chi connectivity index (χ4v) is 2.44. The topological polar surface area (TPSA) is 70.9 Å². The van der Waals surface area contributed by atoms with Gasteiger partial charge in [-0.05, 0) is 17.7 Å². The van der Waals surface area contributed by atoms with Crippen molar-refractivity contribution in [3.8, 4) is 5.75 Å². The number of carbonyl (C=O) groups is 1. The van der Waals surface area contributed by atoms with Crippen LogP contribution in [0.25, 0.3) is 0 Å². The van der Waals surface area contributed by atoms with E-state index in [1.165, 1.54) is 25.5 Å². The number of nitrogens with zero attached hydrogens (tertiary/aromatic N) is 1. The maximum absolute atomic E-state index is 12.1. The number of methoxy groups -OCH3 is 1. The summed E-state index contributed by atoms with van der Waals surface area (Å²) in [4.78, 5) is 12.1. The Kier molecular flexibility index (Phi) is 5.98. The molecule has 7 heteroatoms. The van der Waals surface area contributed by atoms with Gasteiger partial charge in [0.2, 0.25) is 0 Å². The highest BCUT2D eigenvalue weighted by atomic mass is 35.5. The van der Waals surface area contributed by atoms with Crippen molar-refractivity contribution in [1.82, 2.24) is 5.43 Å². The Bertz CT molecular complexity index is 721. The molecule has 0 aliphatic carbocycles. The molecule has 0 spiro atoms. The predicted molar refractivity (Wildman–Crippen MR) is 90.1 cm³/mol. The summed E-state index contributed by atoms with van der Waals surface area (Å²) in [7, 11) is 1.43. The van der Waals surface area contributed by atoms with Crippen LogP contribution in [0.15, 0.2) is 47.6 Å². The lowest BCUT2D eigenvalue weighted by molar-refractivity contribution is -0.131. The van der Waals surface area contributed by atoms with Crippen molar-refractivity contribution in [3.05, 3.63) is 63.6 Å². The third-order valence-corrected chi connectivity index (χ3v) is 3.52. The van der Waals surface area contributed by atoms with E-state index in [2.05, 4.69) is 10.5 Å². The van der Waals surface area contributed by atoms with Crippen LogP contribution >= 0.6 is 23.2 Å². The van der Waals surface area contributed by atoms with E-state index in [4.69, 9.17) is 27.9 Å². The zero-order chi connectivity index (χ0) is 16.8. The first kappa shape index (κ1) is 17.3. The van der Waals surface area contributed by atoms with E-state index >= 15 is 0 Å². The highest BCUT2D eigenvalue weighted by Crippen LogP contribution is 2.29. The highest BCUT2D eigenvalue weighted by Gasteiger charge is 2.19. The second kappa shape index (κ2) is 7.97. The van der Waals surface area contributed by atoms with E-state index < -0.39 is 12.0 Å². The summed E-state index contributed by atoms with van der Waals surface area (Å²) in [5.41, 5.74) is 3.35. The van der Waals surface area contributed by atoms with Crippen LogP contribution in [0.2, 0.25) is 10.0 Å². The van der Waals surface area contributed by atoms with Crippen molar-refractivity contribution in [2.45, 2.75) is 6.10 Å². The molecule has 2 N–H and O–H groups in total. The molecule has 1 unspecified atom stereocenters. The predicted octanol–water partition coefficient (Wildman–Crippen LogP) is 3.54. The van der Waals surface area contributed by atoms with Gasteiger partial charge in [-0.1, -0.05) is 53.5 Å². The summed E-state index contributed by atoms with van der Waals surface area (Å²) in [5, 5.41) is 14.0. The van der Waals surface area contributed by atoms with Crippen molar-refractivity contribution in [2.24, 2.45) is 5.10 Å². The molecule has 0 bridgehead atoms. The number of hydrazone groups is 1. The normalized spacial score (nSPS) is 12.3. The van der Waals surface area contributed by atoms with E-state index in [1.54, 1.807) is 12.1 Å². The molecule has 2 aromatic rings. The molecule has 23 heavy (non-hydrogen) atoms. The average Bonchev–Trinajstić information content (AvgIpc) is 2.53. The Hall–Kier alpha value is -2.08. The number of aromatic hydroxyl groups is 1. The summed E-state index contributed by atoms with van der Waals surface area (Å²) in [6, 6.07) is 11.9. The van der Waals surface area contributed by atoms with Gasteiger partial charge in [-0.25, -0.2) is 5.43 Å². The molecule has 1 atom stereocenters. The van der Waals surface area contributed by atoms with Crippen LogP contribution in [-0.2, 0) is 9.53 Å². The molecule has 0 radical (unpaired) electrons. The Balaban J connectivity index is 2.09. The number of carbonyl (C=O) groups excluding carboxylic acids is 1. The number of phenolic OH excluding ortho intramolecular Hbond substituents is 1. The van der Waals surface area contributed by atoms with E-state index in [1.807, 2.05) is 18.2 Å². The fourth-order valence-electron chi connectivity index (χ4n) is 1.93. The Morgan fingerprint density at radius 1 is 1.30 bits per heavy atom. The Morgan fingerprint density at radius 2 is 2.00 bits per heavy atom. The molecule has 0 aromatic heterocycles. The average molecular weight is 353 g/mol. The third-order valence-electron chi connectivity index (χ3n) is 3.01. The van der Waals surface area contributed by atoms with E-state index in [0.29, 0.717) is 10.6 Å². The quantitative estimate of drug-likeness (QED) is 0.638. The lowest BCUT2D eigenvalue weighted by Gasteiger charge is -2.13. The zero-order valence-electron chi connectivity index (χ0n) is 12.2. The number of amides is 1. The number of phenols is 1. The van der Waals surface area contributed by atoms with Gasteiger partial charge in [-0.3, -0.25) is 4.79 Å². The molecule has 0 heterocycles. The van der Waals surface area contributed by atoms with Crippen LogP contribution in [0.5, 0.6) is 5.75 Å². The second-order valence-electron chi connectivity index (χ2n) is 4.59. The molecule has 2 rings (SSSR count). The minimum Gasteiger partial charge on any atom is -0.506 e. The SMILES string of the molecule is COC(C(=O)NN=Cc1cc(Cl)cc(Cl)c1O)c1ccccc1. The van der Waals surface area contributed by atoms with Gasteiger partial charge in [0.15, 0.2) is 6.10 Å². The van der Waals surface area contributed by atoms with E-state index in [-0.39, 0.29) is 16.3 Å². The number of benzene rings is 2. The highest BCUT2D eigenvalue weighted by molar-refractivity contribution is 6.36. The molecule has 1 amide bonds. The number of halogens is 2. The first-order valence-corrected chi connectivity index (χ1v) is 7.37. The smallest absolute Gasteiger partial charge is 0.273 e. The van der Waals surface area contributed by atoms with Crippen LogP contribution in [0.4, 0.5) is 0 Å².